The summed E-state index contributed by atoms with van der Waals surface area (Å²) < 4.78 is 15.7. The summed E-state index contributed by atoms with van der Waals surface area (Å²) in [5.74, 6) is 0.497. The molecule has 142 valence electrons. The summed E-state index contributed by atoms with van der Waals surface area (Å²) in [4.78, 5) is 38.3. The molecule has 0 bridgehead atoms. The molecule has 9 heteroatoms. The van der Waals surface area contributed by atoms with E-state index in [0.29, 0.717) is 49.1 Å². The number of hydrogen-bond acceptors (Lipinski definition) is 6. The molecule has 1 aromatic carbocycles. The van der Waals surface area contributed by atoms with Crippen LogP contribution in [0.1, 0.15) is 6.42 Å². The number of hydrogen-bond donors (Lipinski definition) is 1. The van der Waals surface area contributed by atoms with Gasteiger partial charge in [0.15, 0.2) is 11.5 Å². The van der Waals surface area contributed by atoms with Crippen molar-refractivity contribution < 1.29 is 28.6 Å². The van der Waals surface area contributed by atoms with Crippen LogP contribution in [0.15, 0.2) is 12.1 Å². The highest BCUT2D eigenvalue weighted by Gasteiger charge is 2.22. The van der Waals surface area contributed by atoms with Crippen molar-refractivity contribution in [1.82, 2.24) is 9.80 Å². The van der Waals surface area contributed by atoms with Crippen LogP contribution in [-0.4, -0.2) is 75.5 Å². The minimum absolute atomic E-state index is 0.277. The third-order valence-corrected chi connectivity index (χ3v) is 4.08. The number of benzene rings is 1. The zero-order valence-corrected chi connectivity index (χ0v) is 15.1. The number of nitrogens with one attached hydrogen (secondary N) is 1. The van der Waals surface area contributed by atoms with Gasteiger partial charge in [-0.3, -0.25) is 14.4 Å². The molecule has 1 aromatic rings. The molecule has 0 atom stereocenters. The van der Waals surface area contributed by atoms with Crippen molar-refractivity contribution in [1.29, 1.82) is 0 Å². The molecule has 3 amide bonds. The van der Waals surface area contributed by atoms with Gasteiger partial charge in [0, 0.05) is 44.0 Å². The topological polar surface area (TPSA) is 97.4 Å². The number of rotatable bonds is 7. The standard InChI is InChI=1S/C17H23N3O6/c1-24-13-8-12(9-14(25-2)17(13)26-3)18-15(22)10-16(23)20-6-4-19(11-21)5-7-20/h8-9,11H,4-7,10H2,1-3H3,(H,18,22). The molecule has 0 spiro atoms. The average Bonchev–Trinajstić information content (AvgIpc) is 2.66. The first kappa shape index (κ1) is 19.4. The number of amides is 3. The monoisotopic (exact) mass is 365 g/mol. The lowest BCUT2D eigenvalue weighted by atomic mass is 10.2. The Labute approximate surface area is 151 Å². The van der Waals surface area contributed by atoms with E-state index in [4.69, 9.17) is 14.2 Å². The van der Waals surface area contributed by atoms with Gasteiger partial charge >= 0.3 is 0 Å². The van der Waals surface area contributed by atoms with Crippen molar-refractivity contribution in [2.24, 2.45) is 0 Å². The molecule has 26 heavy (non-hydrogen) atoms. The van der Waals surface area contributed by atoms with Crippen LogP contribution >= 0.6 is 0 Å². The number of anilines is 1. The molecule has 9 nitrogen and oxygen atoms in total. The maximum absolute atomic E-state index is 12.2. The average molecular weight is 365 g/mol. The molecule has 0 saturated carbocycles. The van der Waals surface area contributed by atoms with Crippen molar-refractivity contribution >= 4 is 23.9 Å². The van der Waals surface area contributed by atoms with Crippen molar-refractivity contribution in [3.63, 3.8) is 0 Å². The van der Waals surface area contributed by atoms with Crippen LogP contribution in [0.25, 0.3) is 0 Å². The molecular formula is C17H23N3O6. The maximum atomic E-state index is 12.2. The number of carbonyl (C=O) groups is 3. The first-order valence-electron chi connectivity index (χ1n) is 8.09. The first-order valence-corrected chi connectivity index (χ1v) is 8.09. The van der Waals surface area contributed by atoms with Gasteiger partial charge in [-0.1, -0.05) is 0 Å². The quantitative estimate of drug-likeness (QED) is 0.553. The molecule has 0 aromatic heterocycles. The van der Waals surface area contributed by atoms with Crippen LogP contribution in [-0.2, 0) is 14.4 Å². The molecule has 2 rings (SSSR count). The molecule has 1 fully saturated rings. The first-order chi connectivity index (χ1) is 12.5. The van der Waals surface area contributed by atoms with E-state index in [2.05, 4.69) is 5.32 Å². The largest absolute Gasteiger partial charge is 0.493 e. The summed E-state index contributed by atoms with van der Waals surface area (Å²) >= 11 is 0. The van der Waals surface area contributed by atoms with Gasteiger partial charge in [-0.15, -0.1) is 0 Å². The number of carbonyl (C=O) groups excluding carboxylic acids is 3. The van der Waals surface area contributed by atoms with E-state index in [9.17, 15) is 14.4 Å². The van der Waals surface area contributed by atoms with Gasteiger partial charge in [-0.2, -0.15) is 0 Å². The third kappa shape index (κ3) is 4.56. The number of ether oxygens (including phenoxy) is 3. The van der Waals surface area contributed by atoms with Gasteiger partial charge in [0.1, 0.15) is 6.42 Å². The normalized spacial score (nSPS) is 13.8. The Morgan fingerprint density at radius 3 is 2.08 bits per heavy atom. The smallest absolute Gasteiger partial charge is 0.233 e. The maximum Gasteiger partial charge on any atom is 0.233 e. The van der Waals surface area contributed by atoms with Crippen molar-refractivity contribution in [2.45, 2.75) is 6.42 Å². The summed E-state index contributed by atoms with van der Waals surface area (Å²) in [6.07, 6.45) is 0.483. The van der Waals surface area contributed by atoms with Crippen LogP contribution in [0.3, 0.4) is 0 Å². The minimum atomic E-state index is -0.443. The van der Waals surface area contributed by atoms with Gasteiger partial charge in [-0.05, 0) is 0 Å². The number of nitrogens with zero attached hydrogens (tertiary/aromatic N) is 2. The summed E-state index contributed by atoms with van der Waals surface area (Å²) in [6.45, 7) is 1.80. The Morgan fingerprint density at radius 1 is 1.04 bits per heavy atom. The highest BCUT2D eigenvalue weighted by molar-refractivity contribution is 6.03. The molecule has 1 saturated heterocycles. The molecule has 1 heterocycles. The van der Waals surface area contributed by atoms with Gasteiger partial charge < -0.3 is 29.3 Å². The zero-order valence-electron chi connectivity index (χ0n) is 15.1. The molecule has 0 unspecified atom stereocenters. The highest BCUT2D eigenvalue weighted by Crippen LogP contribution is 2.39. The van der Waals surface area contributed by atoms with E-state index >= 15 is 0 Å². The van der Waals surface area contributed by atoms with Crippen LogP contribution < -0.4 is 19.5 Å². The fraction of sp³-hybridized carbons (Fsp3) is 0.471. The van der Waals surface area contributed by atoms with Crippen LogP contribution in [0.2, 0.25) is 0 Å². The Balaban J connectivity index is 1.99. The second-order valence-corrected chi connectivity index (χ2v) is 5.66. The van der Waals surface area contributed by atoms with Gasteiger partial charge in [-0.25, -0.2) is 0 Å². The van der Waals surface area contributed by atoms with Crippen molar-refractivity contribution in [3.05, 3.63) is 12.1 Å². The molecule has 1 aliphatic heterocycles. The van der Waals surface area contributed by atoms with Gasteiger partial charge in [0.2, 0.25) is 24.0 Å². The number of piperazine rings is 1. The zero-order chi connectivity index (χ0) is 19.1. The minimum Gasteiger partial charge on any atom is -0.493 e. The van der Waals surface area contributed by atoms with Crippen molar-refractivity contribution in [3.8, 4) is 17.2 Å². The Bertz CT molecular complexity index is 645. The second kappa shape index (κ2) is 8.93. The van der Waals surface area contributed by atoms with Crippen LogP contribution in [0.5, 0.6) is 17.2 Å². The Hall–Kier alpha value is -2.97. The SMILES string of the molecule is COc1cc(NC(=O)CC(=O)N2CCN(C=O)CC2)cc(OC)c1OC. The van der Waals surface area contributed by atoms with Gasteiger partial charge in [0.25, 0.3) is 0 Å². The number of methoxy groups -OCH3 is 3. The molecular weight excluding hydrogens is 342 g/mol. The second-order valence-electron chi connectivity index (χ2n) is 5.66. The predicted molar refractivity (Wildman–Crippen MR) is 93.6 cm³/mol. The van der Waals surface area contributed by atoms with E-state index in [0.717, 1.165) is 6.41 Å². The van der Waals surface area contributed by atoms with E-state index in [1.54, 1.807) is 21.9 Å². The van der Waals surface area contributed by atoms with E-state index in [-0.39, 0.29) is 12.3 Å². The Kier molecular flexibility index (Phi) is 6.65. The molecule has 0 aliphatic carbocycles. The lowest BCUT2D eigenvalue weighted by Gasteiger charge is -2.32. The lowest BCUT2D eigenvalue weighted by molar-refractivity contribution is -0.137. The van der Waals surface area contributed by atoms with Gasteiger partial charge in [0.05, 0.1) is 21.3 Å². The summed E-state index contributed by atoms with van der Waals surface area (Å²) in [5, 5.41) is 2.66. The van der Waals surface area contributed by atoms with Crippen LogP contribution in [0, 0.1) is 0 Å². The van der Waals surface area contributed by atoms with E-state index < -0.39 is 5.91 Å². The molecule has 0 radical (unpaired) electrons. The Morgan fingerprint density at radius 2 is 1.62 bits per heavy atom. The lowest BCUT2D eigenvalue weighted by Crippen LogP contribution is -2.48. The summed E-state index contributed by atoms with van der Waals surface area (Å²) in [5.41, 5.74) is 0.433. The molecule has 1 N–H and O–H groups in total. The predicted octanol–water partition coefficient (Wildman–Crippen LogP) is 0.342. The molecule has 1 aliphatic rings. The summed E-state index contributed by atoms with van der Waals surface area (Å²) in [7, 11) is 4.44. The highest BCUT2D eigenvalue weighted by atomic mass is 16.5. The fourth-order valence-electron chi connectivity index (χ4n) is 2.68. The third-order valence-electron chi connectivity index (χ3n) is 4.08. The van der Waals surface area contributed by atoms with E-state index in [1.807, 2.05) is 0 Å². The summed E-state index contributed by atoms with van der Waals surface area (Å²) in [6, 6.07) is 3.18. The van der Waals surface area contributed by atoms with Crippen LogP contribution in [0.4, 0.5) is 5.69 Å². The fourth-order valence-corrected chi connectivity index (χ4v) is 2.68. The van der Waals surface area contributed by atoms with Crippen molar-refractivity contribution in [2.75, 3.05) is 52.8 Å². The van der Waals surface area contributed by atoms with E-state index in [1.165, 1.54) is 21.3 Å².